The number of carbonyl (C=O) groups is 1. The quantitative estimate of drug-likeness (QED) is 0.651. The van der Waals surface area contributed by atoms with E-state index in [2.05, 4.69) is 4.98 Å². The molecule has 5 heteroatoms. The molecule has 3 nitrogen and oxygen atoms in total. The first kappa shape index (κ1) is 17.3. The lowest BCUT2D eigenvalue weighted by Gasteiger charge is -2.16. The van der Waals surface area contributed by atoms with Gasteiger partial charge in [-0.05, 0) is 29.8 Å². The number of aryl methyl sites for hydroxylation is 1. The smallest absolute Gasteiger partial charge is 0.223 e. The van der Waals surface area contributed by atoms with Gasteiger partial charge in [0.05, 0.1) is 10.7 Å². The number of rotatable bonds is 6. The zero-order chi connectivity index (χ0) is 17.6. The van der Waals surface area contributed by atoms with Crippen LogP contribution in [0, 0.1) is 5.82 Å². The Bertz CT molecular complexity index is 830. The fraction of sp³-hybridized carbons (Fsp3) is 0.200. The van der Waals surface area contributed by atoms with Crippen LogP contribution < -0.4 is 0 Å². The van der Waals surface area contributed by atoms with E-state index in [9.17, 15) is 9.18 Å². The van der Waals surface area contributed by atoms with Crippen LogP contribution in [0.3, 0.4) is 0 Å². The van der Waals surface area contributed by atoms with Gasteiger partial charge < -0.3 is 4.90 Å². The Kier molecular flexibility index (Phi) is 5.56. The number of benzene rings is 2. The average molecular weight is 354 g/mol. The lowest BCUT2D eigenvalue weighted by molar-refractivity contribution is -0.130. The molecule has 1 heterocycles. The van der Waals surface area contributed by atoms with Gasteiger partial charge in [-0.2, -0.15) is 0 Å². The molecule has 0 atom stereocenters. The first-order valence-electron chi connectivity index (χ1n) is 8.10. The third-order valence-corrected chi connectivity index (χ3v) is 4.84. The minimum absolute atomic E-state index is 0.0994. The van der Waals surface area contributed by atoms with E-state index < -0.39 is 0 Å². The second-order valence-corrected chi connectivity index (χ2v) is 6.81. The molecule has 0 saturated carbocycles. The van der Waals surface area contributed by atoms with Crippen molar-refractivity contribution in [1.82, 2.24) is 9.88 Å². The molecule has 0 saturated heterocycles. The van der Waals surface area contributed by atoms with Crippen molar-refractivity contribution < 1.29 is 9.18 Å². The van der Waals surface area contributed by atoms with E-state index >= 15 is 0 Å². The molecule has 0 spiro atoms. The van der Waals surface area contributed by atoms with E-state index in [1.165, 1.54) is 23.5 Å². The number of amides is 1. The third kappa shape index (κ3) is 4.73. The minimum atomic E-state index is -0.258. The van der Waals surface area contributed by atoms with Crippen LogP contribution in [0.15, 0.2) is 60.0 Å². The van der Waals surface area contributed by atoms with Crippen LogP contribution in [-0.2, 0) is 17.8 Å². The summed E-state index contributed by atoms with van der Waals surface area (Å²) >= 11 is 1.53. The Morgan fingerprint density at radius 3 is 2.56 bits per heavy atom. The van der Waals surface area contributed by atoms with Gasteiger partial charge in [-0.15, -0.1) is 11.3 Å². The summed E-state index contributed by atoms with van der Waals surface area (Å²) in [7, 11) is 1.82. The summed E-state index contributed by atoms with van der Waals surface area (Å²) in [5.41, 5.74) is 2.83. The molecule has 3 rings (SSSR count). The summed E-state index contributed by atoms with van der Waals surface area (Å²) in [6, 6.07) is 16.2. The molecular weight excluding hydrogens is 335 g/mol. The molecule has 0 radical (unpaired) electrons. The second-order valence-electron chi connectivity index (χ2n) is 5.87. The highest BCUT2D eigenvalue weighted by atomic mass is 32.1. The highest BCUT2D eigenvalue weighted by Gasteiger charge is 2.11. The van der Waals surface area contributed by atoms with Gasteiger partial charge in [-0.3, -0.25) is 4.79 Å². The van der Waals surface area contributed by atoms with Crippen molar-refractivity contribution in [1.29, 1.82) is 0 Å². The monoisotopic (exact) mass is 354 g/mol. The van der Waals surface area contributed by atoms with Gasteiger partial charge in [0, 0.05) is 37.4 Å². The number of hydrogen-bond acceptors (Lipinski definition) is 3. The number of carbonyl (C=O) groups excluding carboxylic acids is 1. The first-order valence-corrected chi connectivity index (χ1v) is 8.98. The van der Waals surface area contributed by atoms with Crippen molar-refractivity contribution in [3.8, 4) is 11.3 Å². The van der Waals surface area contributed by atoms with Crippen LogP contribution in [0.4, 0.5) is 4.39 Å². The Morgan fingerprint density at radius 1 is 1.12 bits per heavy atom. The van der Waals surface area contributed by atoms with Crippen molar-refractivity contribution in [3.63, 3.8) is 0 Å². The van der Waals surface area contributed by atoms with Gasteiger partial charge in [-0.1, -0.05) is 30.3 Å². The first-order chi connectivity index (χ1) is 12.1. The summed E-state index contributed by atoms with van der Waals surface area (Å²) in [4.78, 5) is 18.6. The maximum absolute atomic E-state index is 13.0. The predicted octanol–water partition coefficient (Wildman–Crippen LogP) is 4.54. The zero-order valence-corrected chi connectivity index (χ0v) is 14.8. The molecule has 0 aliphatic carbocycles. The Hall–Kier alpha value is -2.53. The van der Waals surface area contributed by atoms with Crippen LogP contribution in [0.25, 0.3) is 11.3 Å². The molecule has 0 bridgehead atoms. The van der Waals surface area contributed by atoms with E-state index in [-0.39, 0.29) is 11.7 Å². The summed E-state index contributed by atoms with van der Waals surface area (Å²) < 4.78 is 13.0. The summed E-state index contributed by atoms with van der Waals surface area (Å²) in [5.74, 6) is -0.159. The maximum Gasteiger partial charge on any atom is 0.223 e. The van der Waals surface area contributed by atoms with Gasteiger partial charge in [0.1, 0.15) is 5.82 Å². The van der Waals surface area contributed by atoms with Crippen molar-refractivity contribution in [2.45, 2.75) is 19.4 Å². The molecule has 0 aliphatic heterocycles. The number of aromatic nitrogens is 1. The second kappa shape index (κ2) is 8.03. The molecule has 128 valence electrons. The van der Waals surface area contributed by atoms with Crippen molar-refractivity contribution in [2.24, 2.45) is 0 Å². The van der Waals surface area contributed by atoms with E-state index in [0.717, 1.165) is 21.8 Å². The van der Waals surface area contributed by atoms with Gasteiger partial charge in [-0.25, -0.2) is 9.37 Å². The van der Waals surface area contributed by atoms with Crippen molar-refractivity contribution in [3.05, 3.63) is 76.4 Å². The maximum atomic E-state index is 13.0. The SMILES string of the molecule is CN(Cc1ccccc1)C(=O)CCc1nc(-c2ccc(F)cc2)cs1. The van der Waals surface area contributed by atoms with Crippen LogP contribution in [-0.4, -0.2) is 22.8 Å². The normalized spacial score (nSPS) is 10.6. The van der Waals surface area contributed by atoms with Gasteiger partial charge in [0.25, 0.3) is 0 Å². The van der Waals surface area contributed by atoms with Crippen molar-refractivity contribution in [2.75, 3.05) is 7.05 Å². The largest absolute Gasteiger partial charge is 0.341 e. The molecule has 0 unspecified atom stereocenters. The van der Waals surface area contributed by atoms with E-state index in [1.807, 2.05) is 42.8 Å². The zero-order valence-electron chi connectivity index (χ0n) is 14.0. The predicted molar refractivity (Wildman–Crippen MR) is 98.7 cm³/mol. The summed E-state index contributed by atoms with van der Waals surface area (Å²) in [6.45, 7) is 0.609. The number of thiazole rings is 1. The molecule has 2 aromatic carbocycles. The standard InChI is InChI=1S/C20H19FN2OS/c1-23(13-15-5-3-2-4-6-15)20(24)12-11-19-22-18(14-25-19)16-7-9-17(21)10-8-16/h2-10,14H,11-13H2,1H3. The van der Waals surface area contributed by atoms with Crippen LogP contribution >= 0.6 is 11.3 Å². The van der Waals surface area contributed by atoms with E-state index in [0.29, 0.717) is 19.4 Å². The van der Waals surface area contributed by atoms with Crippen LogP contribution in [0.5, 0.6) is 0 Å². The number of halogens is 1. The highest BCUT2D eigenvalue weighted by molar-refractivity contribution is 7.09. The lowest BCUT2D eigenvalue weighted by Crippen LogP contribution is -2.26. The fourth-order valence-electron chi connectivity index (χ4n) is 2.53. The molecule has 0 fully saturated rings. The van der Waals surface area contributed by atoms with Crippen molar-refractivity contribution >= 4 is 17.2 Å². The van der Waals surface area contributed by atoms with E-state index in [1.54, 1.807) is 17.0 Å². The molecular formula is C20H19FN2OS. The Morgan fingerprint density at radius 2 is 1.84 bits per heavy atom. The molecule has 0 aliphatic rings. The molecule has 25 heavy (non-hydrogen) atoms. The average Bonchev–Trinajstić information content (AvgIpc) is 3.10. The van der Waals surface area contributed by atoms with Gasteiger partial charge in [0.2, 0.25) is 5.91 Å². The minimum Gasteiger partial charge on any atom is -0.341 e. The number of nitrogens with zero attached hydrogens (tertiary/aromatic N) is 2. The Balaban J connectivity index is 1.54. The number of hydrogen-bond donors (Lipinski definition) is 0. The fourth-order valence-corrected chi connectivity index (χ4v) is 3.34. The Labute approximate surface area is 150 Å². The topological polar surface area (TPSA) is 33.2 Å². The highest BCUT2D eigenvalue weighted by Crippen LogP contribution is 2.23. The lowest BCUT2D eigenvalue weighted by atomic mass is 10.2. The van der Waals surface area contributed by atoms with Gasteiger partial charge >= 0.3 is 0 Å². The molecule has 3 aromatic rings. The third-order valence-electron chi connectivity index (χ3n) is 3.93. The molecule has 0 N–H and O–H groups in total. The summed E-state index contributed by atoms with van der Waals surface area (Å²) in [6.07, 6.45) is 1.05. The van der Waals surface area contributed by atoms with Crippen LogP contribution in [0.1, 0.15) is 17.0 Å². The summed E-state index contributed by atoms with van der Waals surface area (Å²) in [5, 5.41) is 2.86. The molecule has 1 aromatic heterocycles. The van der Waals surface area contributed by atoms with Crippen LogP contribution in [0.2, 0.25) is 0 Å². The van der Waals surface area contributed by atoms with E-state index in [4.69, 9.17) is 0 Å². The molecule has 1 amide bonds. The van der Waals surface area contributed by atoms with Gasteiger partial charge in [0.15, 0.2) is 0 Å².